The van der Waals surface area contributed by atoms with Crippen LogP contribution in [0.1, 0.15) is 5.56 Å². The predicted octanol–water partition coefficient (Wildman–Crippen LogP) is 1.43. The Morgan fingerprint density at radius 1 is 1.37 bits per heavy atom. The van der Waals surface area contributed by atoms with Crippen molar-refractivity contribution in [3.05, 3.63) is 40.0 Å². The van der Waals surface area contributed by atoms with Gasteiger partial charge in [-0.05, 0) is 17.7 Å². The van der Waals surface area contributed by atoms with Crippen LogP contribution in [0.3, 0.4) is 0 Å². The normalized spacial score (nSPS) is 16.9. The fraction of sp³-hybridized carbons (Fsp3) is 0.0833. The molecule has 1 aliphatic rings. The molecule has 1 aromatic carbocycles. The molecule has 0 radical (unpaired) electrons. The molecule has 98 valence electrons. The van der Waals surface area contributed by atoms with Crippen molar-refractivity contribution >= 4 is 39.9 Å². The number of hydrogen-bond donors (Lipinski definition) is 2. The molecule has 0 aromatic heterocycles. The number of benzene rings is 1. The van der Waals surface area contributed by atoms with Crippen molar-refractivity contribution in [3.63, 3.8) is 0 Å². The molecular weight excluding hydrogens is 316 g/mol. The van der Waals surface area contributed by atoms with E-state index in [4.69, 9.17) is 5.11 Å². The molecule has 19 heavy (non-hydrogen) atoms. The minimum absolute atomic E-state index is 0.0538. The van der Waals surface area contributed by atoms with Crippen LogP contribution in [-0.2, 0) is 9.59 Å². The molecule has 3 amide bonds. The number of nitrogens with zero attached hydrogens (tertiary/aromatic N) is 1. The summed E-state index contributed by atoms with van der Waals surface area (Å²) in [5.74, 6) is -1.89. The standard InChI is InChI=1S/C12H9BrN2O4/c13-8-4-2-1-3-7(8)5-9-11(18)15(6-10(16)17)12(19)14-9/h1-5H,6H2,(H,14,19)(H,16,17)/b9-5+. The Kier molecular flexibility index (Phi) is 3.66. The molecular formula is C12H9BrN2O4. The van der Waals surface area contributed by atoms with Crippen molar-refractivity contribution < 1.29 is 19.5 Å². The van der Waals surface area contributed by atoms with Crippen molar-refractivity contribution in [2.24, 2.45) is 0 Å². The summed E-state index contributed by atoms with van der Waals surface area (Å²) in [6.45, 7) is -0.655. The van der Waals surface area contributed by atoms with Crippen LogP contribution in [0.2, 0.25) is 0 Å². The average Bonchev–Trinajstić information content (AvgIpc) is 2.60. The van der Waals surface area contributed by atoms with E-state index in [-0.39, 0.29) is 5.70 Å². The van der Waals surface area contributed by atoms with E-state index in [1.165, 1.54) is 6.08 Å². The van der Waals surface area contributed by atoms with Crippen molar-refractivity contribution in [1.82, 2.24) is 10.2 Å². The lowest BCUT2D eigenvalue weighted by Gasteiger charge is -2.06. The molecule has 7 heteroatoms. The number of nitrogens with one attached hydrogen (secondary N) is 1. The highest BCUT2D eigenvalue weighted by Crippen LogP contribution is 2.20. The zero-order chi connectivity index (χ0) is 14.0. The van der Waals surface area contributed by atoms with Gasteiger partial charge in [0.25, 0.3) is 5.91 Å². The third-order valence-electron chi connectivity index (χ3n) is 2.46. The molecule has 1 heterocycles. The van der Waals surface area contributed by atoms with Gasteiger partial charge in [0.05, 0.1) is 0 Å². The number of carbonyl (C=O) groups excluding carboxylic acids is 2. The minimum Gasteiger partial charge on any atom is -0.480 e. The summed E-state index contributed by atoms with van der Waals surface area (Å²) >= 11 is 3.32. The molecule has 1 saturated heterocycles. The number of carbonyl (C=O) groups is 3. The number of halogens is 1. The SMILES string of the molecule is O=C(O)CN1C(=O)N/C(=C/c2ccccc2Br)C1=O. The smallest absolute Gasteiger partial charge is 0.329 e. The van der Waals surface area contributed by atoms with Crippen molar-refractivity contribution in [2.75, 3.05) is 6.54 Å². The Bertz CT molecular complexity index is 597. The first kappa shape index (κ1) is 13.3. The van der Waals surface area contributed by atoms with Crippen LogP contribution in [0.4, 0.5) is 4.79 Å². The number of carboxylic acids is 1. The summed E-state index contributed by atoms with van der Waals surface area (Å²) in [5, 5.41) is 11.0. The lowest BCUT2D eigenvalue weighted by Crippen LogP contribution is -2.35. The Morgan fingerprint density at radius 2 is 2.05 bits per heavy atom. The van der Waals surface area contributed by atoms with Gasteiger partial charge < -0.3 is 10.4 Å². The van der Waals surface area contributed by atoms with Crippen LogP contribution in [0.5, 0.6) is 0 Å². The summed E-state index contributed by atoms with van der Waals surface area (Å²) in [7, 11) is 0. The highest BCUT2D eigenvalue weighted by molar-refractivity contribution is 9.10. The van der Waals surface area contributed by atoms with E-state index in [2.05, 4.69) is 21.2 Å². The van der Waals surface area contributed by atoms with E-state index in [1.54, 1.807) is 18.2 Å². The molecule has 0 unspecified atom stereocenters. The molecule has 0 aliphatic carbocycles. The van der Waals surface area contributed by atoms with Crippen LogP contribution in [0, 0.1) is 0 Å². The van der Waals surface area contributed by atoms with Gasteiger partial charge in [0.2, 0.25) is 0 Å². The molecule has 0 atom stereocenters. The van der Waals surface area contributed by atoms with Gasteiger partial charge in [-0.25, -0.2) is 9.69 Å². The van der Waals surface area contributed by atoms with Crippen molar-refractivity contribution in [2.45, 2.75) is 0 Å². The quantitative estimate of drug-likeness (QED) is 0.650. The molecule has 2 N–H and O–H groups in total. The summed E-state index contributed by atoms with van der Waals surface area (Å²) < 4.78 is 0.765. The van der Waals surface area contributed by atoms with E-state index in [9.17, 15) is 14.4 Å². The zero-order valence-corrected chi connectivity index (χ0v) is 11.2. The topological polar surface area (TPSA) is 86.7 Å². The fourth-order valence-corrected chi connectivity index (χ4v) is 2.00. The fourth-order valence-electron chi connectivity index (χ4n) is 1.60. The number of rotatable bonds is 3. The number of imide groups is 1. The van der Waals surface area contributed by atoms with Gasteiger partial charge in [-0.1, -0.05) is 34.1 Å². The Labute approximate surface area is 116 Å². The third kappa shape index (κ3) is 2.82. The molecule has 0 spiro atoms. The van der Waals surface area contributed by atoms with E-state index >= 15 is 0 Å². The second kappa shape index (κ2) is 5.23. The zero-order valence-electron chi connectivity index (χ0n) is 9.59. The maximum Gasteiger partial charge on any atom is 0.329 e. The van der Waals surface area contributed by atoms with E-state index < -0.39 is 24.5 Å². The second-order valence-electron chi connectivity index (χ2n) is 3.79. The van der Waals surface area contributed by atoms with Gasteiger partial charge in [0.15, 0.2) is 0 Å². The van der Waals surface area contributed by atoms with Gasteiger partial charge in [0, 0.05) is 4.47 Å². The number of urea groups is 1. The lowest BCUT2D eigenvalue weighted by molar-refractivity contribution is -0.140. The van der Waals surface area contributed by atoms with Gasteiger partial charge >= 0.3 is 12.0 Å². The molecule has 6 nitrogen and oxygen atoms in total. The summed E-state index contributed by atoms with van der Waals surface area (Å²) in [6, 6.07) is 6.43. The Hall–Kier alpha value is -2.15. The van der Waals surface area contributed by atoms with Gasteiger partial charge in [-0.15, -0.1) is 0 Å². The Morgan fingerprint density at radius 3 is 2.68 bits per heavy atom. The first-order chi connectivity index (χ1) is 8.99. The third-order valence-corrected chi connectivity index (χ3v) is 3.18. The number of aliphatic carboxylic acids is 1. The summed E-state index contributed by atoms with van der Waals surface area (Å²) in [6.07, 6.45) is 1.49. The predicted molar refractivity (Wildman–Crippen MR) is 70.0 cm³/mol. The lowest BCUT2D eigenvalue weighted by atomic mass is 10.2. The molecule has 1 aliphatic heterocycles. The maximum absolute atomic E-state index is 11.9. The van der Waals surface area contributed by atoms with E-state index in [1.807, 2.05) is 6.07 Å². The maximum atomic E-state index is 11.9. The van der Waals surface area contributed by atoms with Gasteiger partial charge in [-0.3, -0.25) is 9.59 Å². The minimum atomic E-state index is -1.24. The Balaban J connectivity index is 2.28. The molecule has 1 aromatic rings. The van der Waals surface area contributed by atoms with Crippen LogP contribution < -0.4 is 5.32 Å². The van der Waals surface area contributed by atoms with Crippen LogP contribution in [0.25, 0.3) is 6.08 Å². The largest absolute Gasteiger partial charge is 0.480 e. The van der Waals surface area contributed by atoms with Gasteiger partial charge in [0.1, 0.15) is 12.2 Å². The van der Waals surface area contributed by atoms with E-state index in [0.29, 0.717) is 10.5 Å². The van der Waals surface area contributed by atoms with E-state index in [0.717, 1.165) is 4.47 Å². The molecule has 1 fully saturated rings. The number of hydrogen-bond acceptors (Lipinski definition) is 3. The summed E-state index contributed by atoms with van der Waals surface area (Å²) in [5.41, 5.74) is 0.765. The van der Waals surface area contributed by atoms with Crippen LogP contribution in [0.15, 0.2) is 34.4 Å². The monoisotopic (exact) mass is 324 g/mol. The van der Waals surface area contributed by atoms with Crippen LogP contribution >= 0.6 is 15.9 Å². The molecule has 2 rings (SSSR count). The van der Waals surface area contributed by atoms with Gasteiger partial charge in [-0.2, -0.15) is 0 Å². The van der Waals surface area contributed by atoms with Crippen LogP contribution in [-0.4, -0.2) is 34.5 Å². The average molecular weight is 325 g/mol. The highest BCUT2D eigenvalue weighted by Gasteiger charge is 2.34. The first-order valence-corrected chi connectivity index (χ1v) is 6.09. The second-order valence-corrected chi connectivity index (χ2v) is 4.65. The summed E-state index contributed by atoms with van der Waals surface area (Å²) in [4.78, 5) is 34.6. The number of amides is 3. The van der Waals surface area contributed by atoms with Crippen molar-refractivity contribution in [1.29, 1.82) is 0 Å². The first-order valence-electron chi connectivity index (χ1n) is 5.30. The van der Waals surface area contributed by atoms with Crippen molar-refractivity contribution in [3.8, 4) is 0 Å². The highest BCUT2D eigenvalue weighted by atomic mass is 79.9. The molecule has 0 bridgehead atoms. The molecule has 0 saturated carbocycles. The number of carboxylic acid groups (broad SMARTS) is 1.